The van der Waals surface area contributed by atoms with E-state index in [2.05, 4.69) is 14.9 Å². The second-order valence-corrected chi connectivity index (χ2v) is 5.50. The highest BCUT2D eigenvalue weighted by atomic mass is 16.4. The van der Waals surface area contributed by atoms with Crippen molar-refractivity contribution >= 4 is 5.97 Å². The minimum Gasteiger partial charge on any atom is -0.478 e. The van der Waals surface area contributed by atoms with Crippen LogP contribution in [0.4, 0.5) is 0 Å². The van der Waals surface area contributed by atoms with Crippen LogP contribution in [0.3, 0.4) is 0 Å². The number of aromatic nitrogens is 2. The molecule has 1 atom stereocenters. The molecule has 0 aromatic carbocycles. The number of rotatable bonds is 3. The summed E-state index contributed by atoms with van der Waals surface area (Å²) in [5.74, 6) is -0.886. The van der Waals surface area contributed by atoms with E-state index in [-0.39, 0.29) is 0 Å². The molecule has 2 saturated heterocycles. The molecule has 1 aromatic rings. The van der Waals surface area contributed by atoms with Crippen LogP contribution in [0.2, 0.25) is 0 Å². The Bertz CT molecular complexity index is 485. The summed E-state index contributed by atoms with van der Waals surface area (Å²) in [6.45, 7) is 5.07. The van der Waals surface area contributed by atoms with Gasteiger partial charge < -0.3 is 5.11 Å². The van der Waals surface area contributed by atoms with Gasteiger partial charge in [0.05, 0.1) is 11.9 Å². The zero-order valence-electron chi connectivity index (χ0n) is 11.2. The highest BCUT2D eigenvalue weighted by Crippen LogP contribution is 2.23. The van der Waals surface area contributed by atoms with Crippen molar-refractivity contribution < 1.29 is 9.90 Å². The van der Waals surface area contributed by atoms with Crippen LogP contribution >= 0.6 is 0 Å². The van der Waals surface area contributed by atoms with E-state index >= 15 is 0 Å². The molecule has 1 aromatic heterocycles. The van der Waals surface area contributed by atoms with Gasteiger partial charge in [0, 0.05) is 39.3 Å². The third-order valence-electron chi connectivity index (χ3n) is 4.34. The van der Waals surface area contributed by atoms with Gasteiger partial charge in [0.1, 0.15) is 5.56 Å². The van der Waals surface area contributed by atoms with Crippen LogP contribution in [-0.2, 0) is 13.6 Å². The lowest BCUT2D eigenvalue weighted by molar-refractivity contribution is 0.0689. The molecular formula is C13H20N4O2. The van der Waals surface area contributed by atoms with Gasteiger partial charge in [-0.2, -0.15) is 5.10 Å². The molecule has 0 spiro atoms. The van der Waals surface area contributed by atoms with Gasteiger partial charge in [0.25, 0.3) is 0 Å². The van der Waals surface area contributed by atoms with Crippen LogP contribution < -0.4 is 0 Å². The second kappa shape index (κ2) is 4.94. The predicted octanol–water partition coefficient (Wildman–Crippen LogP) is 0.398. The summed E-state index contributed by atoms with van der Waals surface area (Å²) in [5, 5.41) is 13.2. The standard InChI is InChI=1S/C13H20N4O2/c1-15-12(11(7-14-15)13(18)19)9-16-5-6-17-4-2-3-10(17)8-16/h7,10H,2-6,8-9H2,1H3,(H,18,19). The molecule has 6 nitrogen and oxygen atoms in total. The number of hydrogen-bond acceptors (Lipinski definition) is 4. The largest absolute Gasteiger partial charge is 0.478 e. The number of carboxylic acid groups (broad SMARTS) is 1. The van der Waals surface area contributed by atoms with Gasteiger partial charge in [-0.25, -0.2) is 4.79 Å². The van der Waals surface area contributed by atoms with Crippen LogP contribution in [0.15, 0.2) is 6.20 Å². The molecule has 1 unspecified atom stereocenters. The van der Waals surface area contributed by atoms with E-state index < -0.39 is 5.97 Å². The summed E-state index contributed by atoms with van der Waals surface area (Å²) in [4.78, 5) is 16.1. The number of carbonyl (C=O) groups is 1. The molecule has 0 amide bonds. The zero-order valence-corrected chi connectivity index (χ0v) is 11.2. The maximum absolute atomic E-state index is 11.2. The van der Waals surface area contributed by atoms with Crippen LogP contribution in [-0.4, -0.2) is 62.9 Å². The first kappa shape index (κ1) is 12.6. The highest BCUT2D eigenvalue weighted by Gasteiger charge is 2.31. The molecule has 1 N–H and O–H groups in total. The van der Waals surface area contributed by atoms with Crippen LogP contribution in [0.25, 0.3) is 0 Å². The lowest BCUT2D eigenvalue weighted by atomic mass is 10.1. The van der Waals surface area contributed by atoms with Crippen molar-refractivity contribution in [2.75, 3.05) is 26.2 Å². The molecule has 2 aliphatic rings. The van der Waals surface area contributed by atoms with Crippen molar-refractivity contribution in [2.45, 2.75) is 25.4 Å². The fourth-order valence-corrected chi connectivity index (χ4v) is 3.24. The van der Waals surface area contributed by atoms with Crippen LogP contribution in [0.5, 0.6) is 0 Å². The van der Waals surface area contributed by atoms with E-state index in [0.717, 1.165) is 25.3 Å². The molecule has 19 heavy (non-hydrogen) atoms. The minimum absolute atomic E-state index is 0.330. The second-order valence-electron chi connectivity index (χ2n) is 5.50. The van der Waals surface area contributed by atoms with Crippen molar-refractivity contribution in [2.24, 2.45) is 7.05 Å². The number of aromatic carboxylic acids is 1. The van der Waals surface area contributed by atoms with E-state index in [4.69, 9.17) is 0 Å². The Hall–Kier alpha value is -1.40. The Labute approximate surface area is 112 Å². The number of hydrogen-bond donors (Lipinski definition) is 1. The Kier molecular flexibility index (Phi) is 3.28. The van der Waals surface area contributed by atoms with Gasteiger partial charge in [0.2, 0.25) is 0 Å². The molecule has 2 aliphatic heterocycles. The molecular weight excluding hydrogens is 244 g/mol. The molecule has 104 valence electrons. The fourth-order valence-electron chi connectivity index (χ4n) is 3.24. The maximum atomic E-state index is 11.2. The lowest BCUT2D eigenvalue weighted by Gasteiger charge is -2.37. The molecule has 0 radical (unpaired) electrons. The van der Waals surface area contributed by atoms with Crippen molar-refractivity contribution in [3.05, 3.63) is 17.5 Å². The molecule has 0 aliphatic carbocycles. The summed E-state index contributed by atoms with van der Waals surface area (Å²) < 4.78 is 1.68. The number of aryl methyl sites for hydroxylation is 1. The number of piperazine rings is 1. The molecule has 3 rings (SSSR count). The Morgan fingerprint density at radius 1 is 1.47 bits per heavy atom. The SMILES string of the molecule is Cn1ncc(C(=O)O)c1CN1CCN2CCCC2C1. The Morgan fingerprint density at radius 3 is 3.11 bits per heavy atom. The van der Waals surface area contributed by atoms with E-state index in [9.17, 15) is 9.90 Å². The lowest BCUT2D eigenvalue weighted by Crippen LogP contribution is -2.49. The molecule has 2 fully saturated rings. The van der Waals surface area contributed by atoms with E-state index in [1.165, 1.54) is 25.6 Å². The van der Waals surface area contributed by atoms with Crippen molar-refractivity contribution in [3.8, 4) is 0 Å². The fraction of sp³-hybridized carbons (Fsp3) is 0.692. The number of nitrogens with zero attached hydrogens (tertiary/aromatic N) is 4. The van der Waals surface area contributed by atoms with Gasteiger partial charge in [-0.15, -0.1) is 0 Å². The van der Waals surface area contributed by atoms with Gasteiger partial charge >= 0.3 is 5.97 Å². The van der Waals surface area contributed by atoms with Crippen molar-refractivity contribution in [3.63, 3.8) is 0 Å². The highest BCUT2D eigenvalue weighted by molar-refractivity contribution is 5.88. The summed E-state index contributed by atoms with van der Waals surface area (Å²) in [5.41, 5.74) is 1.13. The predicted molar refractivity (Wildman–Crippen MR) is 70.0 cm³/mol. The molecule has 0 saturated carbocycles. The molecule has 6 heteroatoms. The summed E-state index contributed by atoms with van der Waals surface area (Å²) in [6, 6.07) is 0.662. The first-order valence-corrected chi connectivity index (χ1v) is 6.85. The summed E-state index contributed by atoms with van der Waals surface area (Å²) in [6.07, 6.45) is 4.02. The van der Waals surface area contributed by atoms with E-state index in [0.29, 0.717) is 18.2 Å². The van der Waals surface area contributed by atoms with Gasteiger partial charge in [0.15, 0.2) is 0 Å². The maximum Gasteiger partial charge on any atom is 0.339 e. The number of carboxylic acids is 1. The normalized spacial score (nSPS) is 24.6. The zero-order chi connectivity index (χ0) is 13.4. The van der Waals surface area contributed by atoms with Gasteiger partial charge in [-0.3, -0.25) is 14.5 Å². The van der Waals surface area contributed by atoms with E-state index in [1.54, 1.807) is 4.68 Å². The monoisotopic (exact) mass is 264 g/mol. The van der Waals surface area contributed by atoms with E-state index in [1.807, 2.05) is 7.05 Å². The smallest absolute Gasteiger partial charge is 0.339 e. The minimum atomic E-state index is -0.886. The van der Waals surface area contributed by atoms with Gasteiger partial charge in [-0.1, -0.05) is 0 Å². The van der Waals surface area contributed by atoms with Crippen LogP contribution in [0.1, 0.15) is 28.9 Å². The average Bonchev–Trinajstić information content (AvgIpc) is 2.97. The molecule has 3 heterocycles. The Balaban J connectivity index is 1.71. The van der Waals surface area contributed by atoms with Crippen molar-refractivity contribution in [1.29, 1.82) is 0 Å². The van der Waals surface area contributed by atoms with Gasteiger partial charge in [-0.05, 0) is 19.4 Å². The Morgan fingerprint density at radius 2 is 2.32 bits per heavy atom. The topological polar surface area (TPSA) is 61.6 Å². The molecule has 0 bridgehead atoms. The third-order valence-corrected chi connectivity index (χ3v) is 4.34. The van der Waals surface area contributed by atoms with Crippen molar-refractivity contribution in [1.82, 2.24) is 19.6 Å². The quantitative estimate of drug-likeness (QED) is 0.856. The average molecular weight is 264 g/mol. The summed E-state index contributed by atoms with van der Waals surface area (Å²) >= 11 is 0. The third kappa shape index (κ3) is 2.37. The first-order chi connectivity index (χ1) is 9.15. The number of fused-ring (bicyclic) bond motifs is 1. The summed E-state index contributed by atoms with van der Waals surface area (Å²) in [7, 11) is 1.81. The van der Waals surface area contributed by atoms with Crippen LogP contribution in [0, 0.1) is 0 Å². The first-order valence-electron chi connectivity index (χ1n) is 6.85.